The monoisotopic (exact) mass is 341 g/mol. The van der Waals surface area contributed by atoms with E-state index in [1.54, 1.807) is 12.4 Å². The number of anilines is 1. The van der Waals surface area contributed by atoms with Crippen LogP contribution in [-0.2, 0) is 6.18 Å². The molecule has 1 fully saturated rings. The number of imidazole rings is 1. The smallest absolute Gasteiger partial charge is 0.432 e. The third kappa shape index (κ3) is 3.60. The number of hydrogen-bond donors (Lipinski definition) is 1. The topological polar surface area (TPSA) is 66.9 Å². The molecule has 24 heavy (non-hydrogen) atoms. The summed E-state index contributed by atoms with van der Waals surface area (Å²) >= 11 is 0. The van der Waals surface area contributed by atoms with Crippen molar-refractivity contribution in [3.8, 4) is 5.88 Å². The SMILES string of the molecule is CCOc1cncc(N2CCC(c3ncc(C(F)(F)F)[nH]3)CC2)n1. The Kier molecular flexibility index (Phi) is 4.59. The van der Waals surface area contributed by atoms with Crippen molar-refractivity contribution in [3.05, 3.63) is 30.1 Å². The largest absolute Gasteiger partial charge is 0.477 e. The Morgan fingerprint density at radius 2 is 2.00 bits per heavy atom. The zero-order valence-corrected chi connectivity index (χ0v) is 13.2. The van der Waals surface area contributed by atoms with Crippen LogP contribution in [0.1, 0.15) is 37.2 Å². The zero-order chi connectivity index (χ0) is 17.2. The van der Waals surface area contributed by atoms with Gasteiger partial charge in [-0.15, -0.1) is 0 Å². The third-order valence-corrected chi connectivity index (χ3v) is 4.00. The minimum Gasteiger partial charge on any atom is -0.477 e. The van der Waals surface area contributed by atoms with Gasteiger partial charge in [-0.1, -0.05) is 0 Å². The summed E-state index contributed by atoms with van der Waals surface area (Å²) < 4.78 is 43.3. The number of halogens is 3. The summed E-state index contributed by atoms with van der Waals surface area (Å²) in [6.07, 6.45) is 1.09. The van der Waals surface area contributed by atoms with E-state index in [9.17, 15) is 13.2 Å². The summed E-state index contributed by atoms with van der Waals surface area (Å²) in [6, 6.07) is 0. The average Bonchev–Trinajstić information content (AvgIpc) is 3.06. The highest BCUT2D eigenvalue weighted by Gasteiger charge is 2.34. The predicted molar refractivity (Wildman–Crippen MR) is 81.0 cm³/mol. The Morgan fingerprint density at radius 3 is 2.62 bits per heavy atom. The maximum atomic E-state index is 12.6. The van der Waals surface area contributed by atoms with Gasteiger partial charge in [-0.3, -0.25) is 4.98 Å². The minimum absolute atomic E-state index is 0.0135. The first-order chi connectivity index (χ1) is 11.5. The molecular weight excluding hydrogens is 323 g/mol. The molecule has 0 unspecified atom stereocenters. The van der Waals surface area contributed by atoms with E-state index < -0.39 is 11.9 Å². The molecule has 0 radical (unpaired) electrons. The van der Waals surface area contributed by atoms with Crippen molar-refractivity contribution in [1.82, 2.24) is 19.9 Å². The van der Waals surface area contributed by atoms with Crippen LogP contribution in [-0.4, -0.2) is 39.6 Å². The van der Waals surface area contributed by atoms with Gasteiger partial charge in [0, 0.05) is 19.0 Å². The number of nitrogens with one attached hydrogen (secondary N) is 1. The molecule has 9 heteroatoms. The minimum atomic E-state index is -4.39. The number of hydrogen-bond acceptors (Lipinski definition) is 5. The summed E-state index contributed by atoms with van der Waals surface area (Å²) in [5.74, 6) is 1.57. The van der Waals surface area contributed by atoms with Crippen molar-refractivity contribution in [1.29, 1.82) is 0 Å². The van der Waals surface area contributed by atoms with Crippen molar-refractivity contribution >= 4 is 5.82 Å². The lowest BCUT2D eigenvalue weighted by Gasteiger charge is -2.31. The van der Waals surface area contributed by atoms with Crippen LogP contribution < -0.4 is 9.64 Å². The number of rotatable bonds is 4. The van der Waals surface area contributed by atoms with Crippen LogP contribution in [0.25, 0.3) is 0 Å². The van der Waals surface area contributed by atoms with Crippen molar-refractivity contribution in [3.63, 3.8) is 0 Å². The van der Waals surface area contributed by atoms with Gasteiger partial charge < -0.3 is 14.6 Å². The van der Waals surface area contributed by atoms with Gasteiger partial charge in [-0.2, -0.15) is 18.2 Å². The van der Waals surface area contributed by atoms with E-state index in [4.69, 9.17) is 4.74 Å². The second-order valence-electron chi connectivity index (χ2n) is 5.59. The zero-order valence-electron chi connectivity index (χ0n) is 13.2. The summed E-state index contributed by atoms with van der Waals surface area (Å²) in [5, 5.41) is 0. The molecule has 3 rings (SSSR count). The number of nitrogens with zero attached hydrogens (tertiary/aromatic N) is 4. The number of aromatic amines is 1. The molecule has 0 saturated carbocycles. The highest BCUT2D eigenvalue weighted by Crippen LogP contribution is 2.32. The van der Waals surface area contributed by atoms with Gasteiger partial charge in [0.1, 0.15) is 11.5 Å². The van der Waals surface area contributed by atoms with Crippen molar-refractivity contribution < 1.29 is 17.9 Å². The maximum Gasteiger partial charge on any atom is 0.432 e. The Labute approximate surface area is 137 Å². The van der Waals surface area contributed by atoms with Gasteiger partial charge in [0.05, 0.1) is 25.2 Å². The third-order valence-electron chi connectivity index (χ3n) is 4.00. The quantitative estimate of drug-likeness (QED) is 0.926. The molecule has 0 aliphatic carbocycles. The first-order valence-electron chi connectivity index (χ1n) is 7.79. The molecule has 3 heterocycles. The summed E-state index contributed by atoms with van der Waals surface area (Å²) in [5.41, 5.74) is -0.796. The van der Waals surface area contributed by atoms with E-state index in [0.717, 1.165) is 12.0 Å². The van der Waals surface area contributed by atoms with E-state index >= 15 is 0 Å². The summed E-state index contributed by atoms with van der Waals surface area (Å²) in [6.45, 7) is 3.74. The number of piperidine rings is 1. The molecule has 2 aromatic rings. The molecule has 0 aromatic carbocycles. The first-order valence-corrected chi connectivity index (χ1v) is 7.79. The first kappa shape index (κ1) is 16.5. The van der Waals surface area contributed by atoms with E-state index in [2.05, 4.69) is 24.8 Å². The molecule has 1 N–H and O–H groups in total. The van der Waals surface area contributed by atoms with Gasteiger partial charge in [0.25, 0.3) is 0 Å². The molecule has 1 aliphatic heterocycles. The normalized spacial score (nSPS) is 16.4. The van der Waals surface area contributed by atoms with E-state index in [1.807, 2.05) is 6.92 Å². The van der Waals surface area contributed by atoms with Crippen molar-refractivity contribution in [2.24, 2.45) is 0 Å². The molecule has 0 spiro atoms. The van der Waals surface area contributed by atoms with Crippen LogP contribution in [0.2, 0.25) is 0 Å². The molecule has 0 atom stereocenters. The number of H-pyrrole nitrogens is 1. The molecule has 0 bridgehead atoms. The van der Waals surface area contributed by atoms with E-state index in [1.165, 1.54) is 0 Å². The Balaban J connectivity index is 1.63. The molecule has 0 amide bonds. The maximum absolute atomic E-state index is 12.6. The lowest BCUT2D eigenvalue weighted by atomic mass is 9.96. The Morgan fingerprint density at radius 1 is 1.25 bits per heavy atom. The van der Waals surface area contributed by atoms with Crippen LogP contribution in [0.5, 0.6) is 5.88 Å². The lowest BCUT2D eigenvalue weighted by Crippen LogP contribution is -2.34. The standard InChI is InChI=1S/C15H18F3N5O/c1-2-24-13-9-19-8-12(22-13)23-5-3-10(4-6-23)14-20-7-11(21-14)15(16,17)18/h7-10H,2-6H2,1H3,(H,20,21). The van der Waals surface area contributed by atoms with Crippen LogP contribution in [0.15, 0.2) is 18.6 Å². The molecule has 1 aliphatic rings. The molecule has 1 saturated heterocycles. The number of aromatic nitrogens is 4. The fourth-order valence-electron chi connectivity index (χ4n) is 2.78. The number of alkyl halides is 3. The highest BCUT2D eigenvalue weighted by atomic mass is 19.4. The van der Waals surface area contributed by atoms with Crippen LogP contribution in [0, 0.1) is 0 Å². The molecular formula is C15H18F3N5O. The van der Waals surface area contributed by atoms with Crippen LogP contribution >= 0.6 is 0 Å². The Bertz CT molecular complexity index is 680. The van der Waals surface area contributed by atoms with Crippen LogP contribution in [0.4, 0.5) is 19.0 Å². The predicted octanol–water partition coefficient (Wildman–Crippen LogP) is 3.00. The summed E-state index contributed by atoms with van der Waals surface area (Å²) in [7, 11) is 0. The number of ether oxygens (including phenoxy) is 1. The van der Waals surface area contributed by atoms with Gasteiger partial charge in [-0.25, -0.2) is 4.98 Å². The van der Waals surface area contributed by atoms with Crippen molar-refractivity contribution in [2.45, 2.75) is 31.9 Å². The fourth-order valence-corrected chi connectivity index (χ4v) is 2.78. The fraction of sp³-hybridized carbons (Fsp3) is 0.533. The summed E-state index contributed by atoms with van der Waals surface area (Å²) in [4.78, 5) is 16.9. The highest BCUT2D eigenvalue weighted by molar-refractivity contribution is 5.38. The van der Waals surface area contributed by atoms with E-state index in [-0.39, 0.29) is 5.92 Å². The average molecular weight is 341 g/mol. The van der Waals surface area contributed by atoms with Gasteiger partial charge >= 0.3 is 6.18 Å². The second kappa shape index (κ2) is 6.66. The second-order valence-corrected chi connectivity index (χ2v) is 5.59. The lowest BCUT2D eigenvalue weighted by molar-refractivity contribution is -0.141. The molecule has 2 aromatic heterocycles. The van der Waals surface area contributed by atoms with Crippen LogP contribution in [0.3, 0.4) is 0 Å². The van der Waals surface area contributed by atoms with Gasteiger partial charge in [-0.05, 0) is 19.8 Å². The molecule has 6 nitrogen and oxygen atoms in total. The van der Waals surface area contributed by atoms with Gasteiger partial charge in [0.15, 0.2) is 5.82 Å². The Hall–Kier alpha value is -2.32. The van der Waals surface area contributed by atoms with Crippen molar-refractivity contribution in [2.75, 3.05) is 24.6 Å². The molecule has 130 valence electrons. The van der Waals surface area contributed by atoms with E-state index in [0.29, 0.717) is 44.2 Å². The van der Waals surface area contributed by atoms with Gasteiger partial charge in [0.2, 0.25) is 5.88 Å².